The molecule has 2 rings (SSSR count). The summed E-state index contributed by atoms with van der Waals surface area (Å²) in [6, 6.07) is 7.85. The van der Waals surface area contributed by atoms with E-state index in [4.69, 9.17) is 4.74 Å². The van der Waals surface area contributed by atoms with E-state index in [-0.39, 0.29) is 5.92 Å². The van der Waals surface area contributed by atoms with Gasteiger partial charge in [-0.3, -0.25) is 0 Å². The third kappa shape index (κ3) is 5.01. The molecule has 1 heterocycles. The average Bonchev–Trinajstić information content (AvgIpc) is 2.76. The predicted octanol–water partition coefficient (Wildman–Crippen LogP) is 3.63. The minimum Gasteiger partial charge on any atom is -0.494 e. The largest absolute Gasteiger partial charge is 0.494 e. The molecule has 1 aromatic carbocycles. The summed E-state index contributed by atoms with van der Waals surface area (Å²) < 4.78 is 5.45. The second-order valence-corrected chi connectivity index (χ2v) is 6.14. The molecule has 0 bridgehead atoms. The molecule has 0 unspecified atom stereocenters. The van der Waals surface area contributed by atoms with E-state index in [0.717, 1.165) is 17.9 Å². The zero-order valence-corrected chi connectivity index (χ0v) is 13.4. The van der Waals surface area contributed by atoms with Crippen LogP contribution in [0.2, 0.25) is 0 Å². The highest BCUT2D eigenvalue weighted by atomic mass is 16.5. The van der Waals surface area contributed by atoms with E-state index >= 15 is 0 Å². The molecule has 2 atom stereocenters. The molecule has 118 valence electrons. The summed E-state index contributed by atoms with van der Waals surface area (Å²) in [6.07, 6.45) is 4.90. The number of hydrogen-bond donors (Lipinski definition) is 1. The Morgan fingerprint density at radius 3 is 2.29 bits per heavy atom. The first kappa shape index (κ1) is 16.3. The first-order valence-electron chi connectivity index (χ1n) is 8.34. The molecule has 3 nitrogen and oxygen atoms in total. The third-order valence-electron chi connectivity index (χ3n) is 4.32. The topological polar surface area (TPSA) is 32.7 Å². The van der Waals surface area contributed by atoms with Crippen LogP contribution in [0.3, 0.4) is 0 Å². The molecule has 0 aromatic heterocycles. The maximum atomic E-state index is 10.5. The van der Waals surface area contributed by atoms with Gasteiger partial charge in [-0.15, -0.1) is 0 Å². The van der Waals surface area contributed by atoms with E-state index in [9.17, 15) is 5.11 Å². The van der Waals surface area contributed by atoms with E-state index in [1.165, 1.54) is 38.8 Å². The molecule has 1 aliphatic rings. The Bertz CT molecular complexity index is 396. The number of aliphatic hydroxyl groups excluding tert-OH is 1. The Morgan fingerprint density at radius 2 is 1.71 bits per heavy atom. The highest BCUT2D eigenvalue weighted by Gasteiger charge is 2.20. The number of nitrogens with zero attached hydrogens (tertiary/aromatic N) is 1. The van der Waals surface area contributed by atoms with E-state index in [1.807, 2.05) is 31.2 Å². The summed E-state index contributed by atoms with van der Waals surface area (Å²) in [7, 11) is 0. The average molecular weight is 291 g/mol. The van der Waals surface area contributed by atoms with Crippen molar-refractivity contribution in [2.45, 2.75) is 45.6 Å². The second-order valence-electron chi connectivity index (χ2n) is 6.14. The van der Waals surface area contributed by atoms with E-state index in [2.05, 4.69) is 11.8 Å². The lowest BCUT2D eigenvalue weighted by atomic mass is 9.96. The fourth-order valence-corrected chi connectivity index (χ4v) is 3.08. The molecular formula is C18H29NO2. The van der Waals surface area contributed by atoms with Crippen molar-refractivity contribution in [3.8, 4) is 5.75 Å². The van der Waals surface area contributed by atoms with Crippen molar-refractivity contribution >= 4 is 0 Å². The van der Waals surface area contributed by atoms with Gasteiger partial charge in [-0.1, -0.05) is 31.9 Å². The molecule has 0 radical (unpaired) electrons. The van der Waals surface area contributed by atoms with Crippen molar-refractivity contribution < 1.29 is 9.84 Å². The third-order valence-corrected chi connectivity index (χ3v) is 4.32. The van der Waals surface area contributed by atoms with Crippen molar-refractivity contribution in [3.63, 3.8) is 0 Å². The lowest BCUT2D eigenvalue weighted by Crippen LogP contribution is -2.31. The van der Waals surface area contributed by atoms with Gasteiger partial charge in [0.2, 0.25) is 0 Å². The van der Waals surface area contributed by atoms with Crippen LogP contribution in [0.25, 0.3) is 0 Å². The fraction of sp³-hybridized carbons (Fsp3) is 0.667. The first-order chi connectivity index (χ1) is 10.2. The van der Waals surface area contributed by atoms with Gasteiger partial charge in [-0.05, 0) is 56.5 Å². The number of likely N-dealkylation sites (tertiary alicyclic amines) is 1. The SMILES string of the molecule is CCOc1ccc([C@H](O)[C@H](C)CN2CCCCCC2)cc1. The monoisotopic (exact) mass is 291 g/mol. The maximum Gasteiger partial charge on any atom is 0.119 e. The molecule has 0 saturated carbocycles. The number of hydrogen-bond acceptors (Lipinski definition) is 3. The Labute approximate surface area is 128 Å². The van der Waals surface area contributed by atoms with Crippen molar-refractivity contribution in [3.05, 3.63) is 29.8 Å². The number of benzene rings is 1. The lowest BCUT2D eigenvalue weighted by Gasteiger charge is -2.27. The summed E-state index contributed by atoms with van der Waals surface area (Å²) in [6.45, 7) is 8.14. The van der Waals surface area contributed by atoms with Gasteiger partial charge in [0.25, 0.3) is 0 Å². The summed E-state index contributed by atoms with van der Waals surface area (Å²) in [5.74, 6) is 1.12. The second kappa shape index (κ2) is 8.40. The summed E-state index contributed by atoms with van der Waals surface area (Å²) in [4.78, 5) is 2.51. The van der Waals surface area contributed by atoms with Crippen molar-refractivity contribution in [1.82, 2.24) is 4.90 Å². The molecule has 1 aliphatic heterocycles. The van der Waals surface area contributed by atoms with Crippen LogP contribution < -0.4 is 4.74 Å². The molecule has 21 heavy (non-hydrogen) atoms. The molecule has 1 aromatic rings. The highest BCUT2D eigenvalue weighted by Crippen LogP contribution is 2.25. The molecule has 0 spiro atoms. The molecular weight excluding hydrogens is 262 g/mol. The van der Waals surface area contributed by atoms with Crippen LogP contribution in [-0.2, 0) is 0 Å². The minimum atomic E-state index is -0.399. The van der Waals surface area contributed by atoms with Crippen LogP contribution in [0.15, 0.2) is 24.3 Å². The van der Waals surface area contributed by atoms with E-state index < -0.39 is 6.10 Å². The van der Waals surface area contributed by atoms with Crippen LogP contribution in [0.5, 0.6) is 5.75 Å². The van der Waals surface area contributed by atoms with Gasteiger partial charge >= 0.3 is 0 Å². The van der Waals surface area contributed by atoms with E-state index in [0.29, 0.717) is 6.61 Å². The predicted molar refractivity (Wildman–Crippen MR) is 86.6 cm³/mol. The molecule has 0 amide bonds. The van der Waals surface area contributed by atoms with Crippen molar-refractivity contribution in [2.75, 3.05) is 26.2 Å². The molecule has 0 aliphatic carbocycles. The van der Waals surface area contributed by atoms with Gasteiger partial charge in [0.15, 0.2) is 0 Å². The standard InChI is InChI=1S/C18H29NO2/c1-3-21-17-10-8-16(9-11-17)18(20)15(2)14-19-12-6-4-5-7-13-19/h8-11,15,18,20H,3-7,12-14H2,1-2H3/t15-,18-/m1/s1. The van der Waals surface area contributed by atoms with Crippen LogP contribution in [0.1, 0.15) is 51.2 Å². The minimum absolute atomic E-state index is 0.251. The maximum absolute atomic E-state index is 10.5. The Kier molecular flexibility index (Phi) is 6.52. The quantitative estimate of drug-likeness (QED) is 0.868. The van der Waals surface area contributed by atoms with Gasteiger partial charge in [-0.2, -0.15) is 0 Å². The fourth-order valence-electron chi connectivity index (χ4n) is 3.08. The highest BCUT2D eigenvalue weighted by molar-refractivity contribution is 5.28. The molecule has 1 saturated heterocycles. The summed E-state index contributed by atoms with van der Waals surface area (Å²) in [5, 5.41) is 10.5. The Balaban J connectivity index is 1.89. The van der Waals surface area contributed by atoms with Gasteiger partial charge < -0.3 is 14.7 Å². The lowest BCUT2D eigenvalue weighted by molar-refractivity contribution is 0.0890. The molecule has 1 fully saturated rings. The van der Waals surface area contributed by atoms with Gasteiger partial charge in [-0.25, -0.2) is 0 Å². The van der Waals surface area contributed by atoms with Crippen molar-refractivity contribution in [1.29, 1.82) is 0 Å². The Hall–Kier alpha value is -1.06. The summed E-state index contributed by atoms with van der Waals surface area (Å²) in [5.41, 5.74) is 0.987. The zero-order valence-electron chi connectivity index (χ0n) is 13.4. The van der Waals surface area contributed by atoms with Crippen LogP contribution in [-0.4, -0.2) is 36.2 Å². The number of ether oxygens (including phenoxy) is 1. The van der Waals surface area contributed by atoms with Crippen LogP contribution >= 0.6 is 0 Å². The summed E-state index contributed by atoms with van der Waals surface area (Å²) >= 11 is 0. The molecule has 3 heteroatoms. The van der Waals surface area contributed by atoms with Gasteiger partial charge in [0.1, 0.15) is 5.75 Å². The smallest absolute Gasteiger partial charge is 0.119 e. The number of aliphatic hydroxyl groups is 1. The van der Waals surface area contributed by atoms with Crippen LogP contribution in [0.4, 0.5) is 0 Å². The van der Waals surface area contributed by atoms with E-state index in [1.54, 1.807) is 0 Å². The number of rotatable bonds is 6. The van der Waals surface area contributed by atoms with Gasteiger partial charge in [0.05, 0.1) is 12.7 Å². The van der Waals surface area contributed by atoms with Crippen LogP contribution in [0, 0.1) is 5.92 Å². The normalized spacial score (nSPS) is 19.8. The zero-order chi connectivity index (χ0) is 15.1. The van der Waals surface area contributed by atoms with Gasteiger partial charge in [0, 0.05) is 6.54 Å². The molecule has 1 N–H and O–H groups in total. The van der Waals surface area contributed by atoms with Crippen molar-refractivity contribution in [2.24, 2.45) is 5.92 Å². The Morgan fingerprint density at radius 1 is 1.10 bits per heavy atom. The first-order valence-corrected chi connectivity index (χ1v) is 8.34.